The highest BCUT2D eigenvalue weighted by Gasteiger charge is 2.11. The zero-order valence-corrected chi connectivity index (χ0v) is 13.5. The van der Waals surface area contributed by atoms with Crippen LogP contribution in [-0.2, 0) is 13.0 Å². The minimum atomic E-state index is 0.773. The van der Waals surface area contributed by atoms with Crippen LogP contribution in [0.5, 0.6) is 0 Å². The van der Waals surface area contributed by atoms with Crippen LogP contribution >= 0.6 is 0 Å². The molecule has 0 bridgehead atoms. The molecular formula is C15H21N7. The second-order valence-electron chi connectivity index (χ2n) is 5.44. The summed E-state index contributed by atoms with van der Waals surface area (Å²) in [7, 11) is 0. The lowest BCUT2D eigenvalue weighted by molar-refractivity contribution is 0.697. The van der Waals surface area contributed by atoms with Gasteiger partial charge in [-0.05, 0) is 27.7 Å². The molecule has 0 spiro atoms. The van der Waals surface area contributed by atoms with Gasteiger partial charge in [-0.2, -0.15) is 9.61 Å². The van der Waals surface area contributed by atoms with Crippen molar-refractivity contribution in [3.63, 3.8) is 0 Å². The van der Waals surface area contributed by atoms with E-state index in [1.54, 1.807) is 6.33 Å². The molecule has 7 nitrogen and oxygen atoms in total. The maximum absolute atomic E-state index is 4.58. The van der Waals surface area contributed by atoms with Gasteiger partial charge in [0.25, 0.3) is 0 Å². The van der Waals surface area contributed by atoms with Crippen molar-refractivity contribution in [3.05, 3.63) is 35.2 Å². The zero-order valence-electron chi connectivity index (χ0n) is 13.5. The van der Waals surface area contributed by atoms with Gasteiger partial charge in [0.05, 0.1) is 5.69 Å². The van der Waals surface area contributed by atoms with Gasteiger partial charge in [0.15, 0.2) is 5.65 Å². The van der Waals surface area contributed by atoms with Crippen molar-refractivity contribution in [1.29, 1.82) is 0 Å². The van der Waals surface area contributed by atoms with Crippen LogP contribution in [0, 0.1) is 20.8 Å². The third-order valence-electron chi connectivity index (χ3n) is 3.88. The fourth-order valence-electron chi connectivity index (χ4n) is 2.52. The third kappa shape index (κ3) is 2.54. The Morgan fingerprint density at radius 3 is 2.82 bits per heavy atom. The van der Waals surface area contributed by atoms with Crippen molar-refractivity contribution < 1.29 is 0 Å². The number of aromatic nitrogens is 6. The van der Waals surface area contributed by atoms with Crippen LogP contribution in [0.2, 0.25) is 0 Å². The molecule has 0 aliphatic carbocycles. The highest BCUT2D eigenvalue weighted by molar-refractivity contribution is 5.55. The lowest BCUT2D eigenvalue weighted by Gasteiger charge is -2.09. The standard InChI is InChI=1S/C15H21N7/c1-5-21-9-17-19-13(21)6-7-16-14-8-10(2)18-15-11(3)12(4)20-22(14)15/h8-9,16H,5-7H2,1-4H3. The SMILES string of the molecule is CCn1cnnc1CCNc1cc(C)nc2c(C)c(C)nn12. The molecule has 0 aliphatic rings. The summed E-state index contributed by atoms with van der Waals surface area (Å²) in [6, 6.07) is 2.02. The summed E-state index contributed by atoms with van der Waals surface area (Å²) in [5.41, 5.74) is 4.02. The van der Waals surface area contributed by atoms with E-state index in [-0.39, 0.29) is 0 Å². The number of anilines is 1. The molecule has 0 atom stereocenters. The van der Waals surface area contributed by atoms with E-state index < -0.39 is 0 Å². The van der Waals surface area contributed by atoms with Crippen LogP contribution in [0.25, 0.3) is 5.65 Å². The van der Waals surface area contributed by atoms with Crippen molar-refractivity contribution in [2.75, 3.05) is 11.9 Å². The van der Waals surface area contributed by atoms with Gasteiger partial charge in [-0.25, -0.2) is 4.98 Å². The second kappa shape index (κ2) is 5.75. The van der Waals surface area contributed by atoms with Gasteiger partial charge in [-0.3, -0.25) is 0 Å². The van der Waals surface area contributed by atoms with Gasteiger partial charge in [0.2, 0.25) is 0 Å². The Labute approximate surface area is 129 Å². The Kier molecular flexibility index (Phi) is 3.79. The highest BCUT2D eigenvalue weighted by Crippen LogP contribution is 2.18. The Hall–Kier alpha value is -2.44. The molecule has 0 fully saturated rings. The maximum Gasteiger partial charge on any atom is 0.160 e. The first-order chi connectivity index (χ1) is 10.6. The molecule has 0 aromatic carbocycles. The molecule has 3 aromatic rings. The van der Waals surface area contributed by atoms with E-state index in [1.807, 2.05) is 24.4 Å². The summed E-state index contributed by atoms with van der Waals surface area (Å²) in [5, 5.41) is 16.1. The fourth-order valence-corrected chi connectivity index (χ4v) is 2.52. The monoisotopic (exact) mass is 299 g/mol. The van der Waals surface area contributed by atoms with E-state index >= 15 is 0 Å². The lowest BCUT2D eigenvalue weighted by Crippen LogP contribution is -2.12. The number of fused-ring (bicyclic) bond motifs is 1. The molecule has 0 aliphatic heterocycles. The number of hydrogen-bond donors (Lipinski definition) is 1. The van der Waals surface area contributed by atoms with E-state index in [9.17, 15) is 0 Å². The molecule has 0 radical (unpaired) electrons. The van der Waals surface area contributed by atoms with Crippen LogP contribution in [-0.4, -0.2) is 35.9 Å². The van der Waals surface area contributed by atoms with E-state index in [2.05, 4.69) is 44.0 Å². The molecule has 7 heteroatoms. The van der Waals surface area contributed by atoms with Crippen molar-refractivity contribution >= 4 is 11.5 Å². The molecular weight excluding hydrogens is 278 g/mol. The molecule has 3 aromatic heterocycles. The van der Waals surface area contributed by atoms with Gasteiger partial charge in [0, 0.05) is 36.8 Å². The first-order valence-electron chi connectivity index (χ1n) is 7.54. The summed E-state index contributed by atoms with van der Waals surface area (Å²) in [4.78, 5) is 4.58. The van der Waals surface area contributed by atoms with Crippen molar-refractivity contribution in [1.82, 2.24) is 29.4 Å². The van der Waals surface area contributed by atoms with Crippen LogP contribution in [0.4, 0.5) is 5.82 Å². The van der Waals surface area contributed by atoms with Crippen molar-refractivity contribution in [2.45, 2.75) is 40.7 Å². The average Bonchev–Trinajstić information content (AvgIpc) is 3.06. The minimum Gasteiger partial charge on any atom is -0.369 e. The molecule has 0 saturated heterocycles. The number of hydrogen-bond acceptors (Lipinski definition) is 5. The topological polar surface area (TPSA) is 72.9 Å². The van der Waals surface area contributed by atoms with Gasteiger partial charge < -0.3 is 9.88 Å². The molecule has 0 saturated carbocycles. The van der Waals surface area contributed by atoms with Crippen LogP contribution in [0.15, 0.2) is 12.4 Å². The fraction of sp³-hybridized carbons (Fsp3) is 0.467. The third-order valence-corrected chi connectivity index (χ3v) is 3.88. The molecule has 1 N–H and O–H groups in total. The van der Waals surface area contributed by atoms with E-state index in [4.69, 9.17) is 0 Å². The molecule has 22 heavy (non-hydrogen) atoms. The van der Waals surface area contributed by atoms with Crippen LogP contribution in [0.3, 0.4) is 0 Å². The maximum atomic E-state index is 4.58. The quantitative estimate of drug-likeness (QED) is 0.779. The van der Waals surface area contributed by atoms with Crippen LogP contribution < -0.4 is 5.32 Å². The van der Waals surface area contributed by atoms with E-state index in [0.717, 1.165) is 53.8 Å². The summed E-state index contributed by atoms with van der Waals surface area (Å²) in [5.74, 6) is 1.95. The number of nitrogens with one attached hydrogen (secondary N) is 1. The van der Waals surface area contributed by atoms with Gasteiger partial charge >= 0.3 is 0 Å². The Balaban J connectivity index is 1.80. The number of nitrogens with zero attached hydrogens (tertiary/aromatic N) is 6. The smallest absolute Gasteiger partial charge is 0.160 e. The molecule has 116 valence electrons. The molecule has 0 unspecified atom stereocenters. The first-order valence-corrected chi connectivity index (χ1v) is 7.54. The average molecular weight is 299 g/mol. The Morgan fingerprint density at radius 1 is 1.23 bits per heavy atom. The van der Waals surface area contributed by atoms with Crippen LogP contribution in [0.1, 0.15) is 29.7 Å². The van der Waals surface area contributed by atoms with Gasteiger partial charge in [-0.15, -0.1) is 10.2 Å². The molecule has 3 rings (SSSR count). The predicted octanol–water partition coefficient (Wildman–Crippen LogP) is 1.92. The van der Waals surface area contributed by atoms with Gasteiger partial charge in [0.1, 0.15) is 18.0 Å². The molecule has 3 heterocycles. The Morgan fingerprint density at radius 2 is 2.05 bits per heavy atom. The predicted molar refractivity (Wildman–Crippen MR) is 85.1 cm³/mol. The van der Waals surface area contributed by atoms with Crippen molar-refractivity contribution in [2.24, 2.45) is 0 Å². The summed E-state index contributed by atoms with van der Waals surface area (Å²) in [6.45, 7) is 9.81. The zero-order chi connectivity index (χ0) is 15.7. The lowest BCUT2D eigenvalue weighted by atomic mass is 10.3. The number of rotatable bonds is 5. The summed E-state index contributed by atoms with van der Waals surface area (Å²) >= 11 is 0. The molecule has 0 amide bonds. The van der Waals surface area contributed by atoms with E-state index in [0.29, 0.717) is 0 Å². The second-order valence-corrected chi connectivity index (χ2v) is 5.44. The normalized spacial score (nSPS) is 11.3. The highest BCUT2D eigenvalue weighted by atomic mass is 15.3. The minimum absolute atomic E-state index is 0.773. The van der Waals surface area contributed by atoms with Gasteiger partial charge in [-0.1, -0.05) is 0 Å². The summed E-state index contributed by atoms with van der Waals surface area (Å²) < 4.78 is 3.93. The van der Waals surface area contributed by atoms with E-state index in [1.165, 1.54) is 0 Å². The first kappa shape index (κ1) is 14.5. The number of aryl methyl sites for hydroxylation is 4. The largest absolute Gasteiger partial charge is 0.369 e. The Bertz CT molecular complexity index is 800. The van der Waals surface area contributed by atoms with Crippen molar-refractivity contribution in [3.8, 4) is 0 Å². The summed E-state index contributed by atoms with van der Waals surface area (Å²) in [6.07, 6.45) is 2.58.